The van der Waals surface area contributed by atoms with Crippen molar-refractivity contribution < 1.29 is 19.3 Å². The smallest absolute Gasteiger partial charge is 0.314 e. The Bertz CT molecular complexity index is 198. The minimum atomic E-state index is -0.735. The lowest BCUT2D eigenvalue weighted by molar-refractivity contribution is -0.151. The number of rotatable bonds is 6. The molecule has 1 aliphatic rings. The van der Waals surface area contributed by atoms with E-state index < -0.39 is 5.79 Å². The van der Waals surface area contributed by atoms with Crippen LogP contribution in [-0.4, -0.2) is 18.4 Å². The number of unbranched alkanes of at least 4 members (excludes halogenated alkanes) is 1. The Kier molecular flexibility index (Phi) is 3.89. The first-order valence-corrected chi connectivity index (χ1v) is 5.17. The summed E-state index contributed by atoms with van der Waals surface area (Å²) in [5.74, 6) is -1.25. The van der Waals surface area contributed by atoms with Gasteiger partial charge in [0.05, 0.1) is 6.61 Å². The highest BCUT2D eigenvalue weighted by Crippen LogP contribution is 2.40. The molecule has 0 aromatic carbocycles. The van der Waals surface area contributed by atoms with Crippen LogP contribution in [0.4, 0.5) is 0 Å². The Balaban J connectivity index is 2.48. The van der Waals surface area contributed by atoms with Crippen molar-refractivity contribution in [2.75, 3.05) is 6.61 Å². The van der Waals surface area contributed by atoms with Crippen LogP contribution in [0.3, 0.4) is 0 Å². The predicted molar refractivity (Wildman–Crippen MR) is 50.2 cm³/mol. The summed E-state index contributed by atoms with van der Waals surface area (Å²) in [5.41, 5.74) is 0. The lowest BCUT2D eigenvalue weighted by Gasteiger charge is -2.15. The normalized spacial score (nSPS) is 20.2. The molecular weight excluding hydrogens is 184 g/mol. The second-order valence-corrected chi connectivity index (χ2v) is 3.63. The van der Waals surface area contributed by atoms with Crippen LogP contribution in [-0.2, 0) is 19.3 Å². The van der Waals surface area contributed by atoms with E-state index in [1.165, 1.54) is 0 Å². The summed E-state index contributed by atoms with van der Waals surface area (Å²) < 4.78 is 4.97. The van der Waals surface area contributed by atoms with E-state index in [1.54, 1.807) is 13.8 Å². The maximum absolute atomic E-state index is 11.6. The number of hydrogen-bond donors (Lipinski definition) is 0. The average molecular weight is 202 g/mol. The van der Waals surface area contributed by atoms with Crippen molar-refractivity contribution in [3.63, 3.8) is 0 Å². The van der Waals surface area contributed by atoms with Crippen molar-refractivity contribution in [1.82, 2.24) is 0 Å². The zero-order valence-electron chi connectivity index (χ0n) is 9.04. The Hall–Kier alpha value is -0.610. The van der Waals surface area contributed by atoms with Gasteiger partial charge in [-0.3, -0.25) is 4.79 Å². The van der Waals surface area contributed by atoms with Crippen LogP contribution in [0.5, 0.6) is 0 Å². The summed E-state index contributed by atoms with van der Waals surface area (Å²) in [7, 11) is 0. The first kappa shape index (κ1) is 11.5. The zero-order chi connectivity index (χ0) is 10.6. The van der Waals surface area contributed by atoms with Crippen LogP contribution in [0.25, 0.3) is 0 Å². The molecule has 1 rings (SSSR count). The van der Waals surface area contributed by atoms with E-state index in [9.17, 15) is 4.79 Å². The lowest BCUT2D eigenvalue weighted by Crippen LogP contribution is -2.30. The van der Waals surface area contributed by atoms with Gasteiger partial charge in [0.2, 0.25) is 5.79 Å². The van der Waals surface area contributed by atoms with E-state index in [0.717, 1.165) is 19.3 Å². The van der Waals surface area contributed by atoms with Gasteiger partial charge in [0.25, 0.3) is 0 Å². The summed E-state index contributed by atoms with van der Waals surface area (Å²) >= 11 is 0. The summed E-state index contributed by atoms with van der Waals surface area (Å²) in [6, 6.07) is 0. The van der Waals surface area contributed by atoms with Crippen molar-refractivity contribution in [1.29, 1.82) is 0 Å². The van der Waals surface area contributed by atoms with Crippen LogP contribution in [0, 0.1) is 5.92 Å². The first-order valence-electron chi connectivity index (χ1n) is 5.17. The van der Waals surface area contributed by atoms with E-state index in [0.29, 0.717) is 6.61 Å². The monoisotopic (exact) mass is 202 g/mol. The molecule has 4 heteroatoms. The fourth-order valence-electron chi connectivity index (χ4n) is 1.43. The molecule has 1 heterocycles. The van der Waals surface area contributed by atoms with Crippen LogP contribution in [0.2, 0.25) is 0 Å². The van der Waals surface area contributed by atoms with Crippen molar-refractivity contribution in [2.24, 2.45) is 5.92 Å². The molecule has 0 radical (unpaired) electrons. The fourth-order valence-corrected chi connectivity index (χ4v) is 1.43. The maximum atomic E-state index is 11.6. The highest BCUT2D eigenvalue weighted by atomic mass is 17.4. The Morgan fingerprint density at radius 1 is 1.43 bits per heavy atom. The number of esters is 1. The van der Waals surface area contributed by atoms with Crippen molar-refractivity contribution in [3.8, 4) is 0 Å². The van der Waals surface area contributed by atoms with Gasteiger partial charge in [-0.1, -0.05) is 19.8 Å². The van der Waals surface area contributed by atoms with Gasteiger partial charge < -0.3 is 4.74 Å². The van der Waals surface area contributed by atoms with Crippen LogP contribution >= 0.6 is 0 Å². The van der Waals surface area contributed by atoms with Gasteiger partial charge in [-0.15, -0.1) is 0 Å². The van der Waals surface area contributed by atoms with Gasteiger partial charge in [0.1, 0.15) is 5.92 Å². The van der Waals surface area contributed by atoms with Crippen molar-refractivity contribution in [3.05, 3.63) is 0 Å². The van der Waals surface area contributed by atoms with Crippen molar-refractivity contribution >= 4 is 5.97 Å². The lowest BCUT2D eigenvalue weighted by atomic mass is 9.95. The quantitative estimate of drug-likeness (QED) is 0.375. The highest BCUT2D eigenvalue weighted by molar-refractivity contribution is 5.73. The third-order valence-electron chi connectivity index (χ3n) is 2.40. The molecule has 82 valence electrons. The largest absolute Gasteiger partial charge is 0.466 e. The van der Waals surface area contributed by atoms with Gasteiger partial charge in [-0.25, -0.2) is 0 Å². The predicted octanol–water partition coefficient (Wildman–Crippen LogP) is 2.03. The van der Waals surface area contributed by atoms with E-state index in [4.69, 9.17) is 14.5 Å². The van der Waals surface area contributed by atoms with Crippen LogP contribution in [0.15, 0.2) is 0 Å². The Labute approximate surface area is 84.4 Å². The van der Waals surface area contributed by atoms with Crippen molar-refractivity contribution in [2.45, 2.75) is 45.8 Å². The maximum Gasteiger partial charge on any atom is 0.314 e. The Morgan fingerprint density at radius 3 is 2.50 bits per heavy atom. The molecule has 0 aliphatic carbocycles. The molecule has 1 fully saturated rings. The average Bonchev–Trinajstić information content (AvgIpc) is 2.86. The number of ether oxygens (including phenoxy) is 1. The molecule has 0 aromatic heterocycles. The number of hydrogen-bond acceptors (Lipinski definition) is 4. The molecule has 14 heavy (non-hydrogen) atoms. The molecule has 0 spiro atoms. The third-order valence-corrected chi connectivity index (χ3v) is 2.40. The number of carbonyl (C=O) groups excluding carboxylic acids is 1. The van der Waals surface area contributed by atoms with Gasteiger partial charge >= 0.3 is 5.97 Å². The van der Waals surface area contributed by atoms with Gasteiger partial charge in [-0.05, 0) is 20.3 Å². The van der Waals surface area contributed by atoms with E-state index >= 15 is 0 Å². The SMILES string of the molecule is CCCCC(C(=O)OCC)C1(C)OO1. The van der Waals surface area contributed by atoms with Crippen LogP contribution < -0.4 is 0 Å². The van der Waals surface area contributed by atoms with E-state index in [2.05, 4.69) is 6.92 Å². The Morgan fingerprint density at radius 2 is 2.07 bits per heavy atom. The molecule has 0 N–H and O–H groups in total. The highest BCUT2D eigenvalue weighted by Gasteiger charge is 2.54. The molecular formula is C10H18O4. The molecule has 0 bridgehead atoms. The third kappa shape index (κ3) is 2.69. The molecule has 1 saturated heterocycles. The standard InChI is InChI=1S/C10H18O4/c1-4-6-7-8(9(11)12-5-2)10(3)13-14-10/h8H,4-7H2,1-3H3. The molecule has 0 amide bonds. The van der Waals surface area contributed by atoms with E-state index in [1.807, 2.05) is 0 Å². The minimum Gasteiger partial charge on any atom is -0.466 e. The number of carbonyl (C=O) groups is 1. The molecule has 0 saturated carbocycles. The minimum absolute atomic E-state index is 0.221. The summed E-state index contributed by atoms with van der Waals surface area (Å²) in [4.78, 5) is 21.2. The molecule has 1 atom stereocenters. The molecule has 0 aromatic rings. The first-order chi connectivity index (χ1) is 6.64. The molecule has 4 nitrogen and oxygen atoms in total. The summed E-state index contributed by atoms with van der Waals surface area (Å²) in [6.07, 6.45) is 2.78. The molecule has 1 unspecified atom stereocenters. The fraction of sp³-hybridized carbons (Fsp3) is 0.900. The van der Waals surface area contributed by atoms with E-state index in [-0.39, 0.29) is 11.9 Å². The van der Waals surface area contributed by atoms with Gasteiger partial charge in [0.15, 0.2) is 0 Å². The van der Waals surface area contributed by atoms with Gasteiger partial charge in [-0.2, -0.15) is 9.78 Å². The zero-order valence-corrected chi connectivity index (χ0v) is 9.04. The summed E-state index contributed by atoms with van der Waals surface area (Å²) in [5, 5.41) is 0. The van der Waals surface area contributed by atoms with Crippen LogP contribution in [0.1, 0.15) is 40.0 Å². The van der Waals surface area contributed by atoms with Gasteiger partial charge in [0, 0.05) is 0 Å². The topological polar surface area (TPSA) is 51.4 Å². The molecule has 1 aliphatic heterocycles. The summed E-state index contributed by atoms with van der Waals surface area (Å²) in [6.45, 7) is 6.05. The second kappa shape index (κ2) is 4.75. The second-order valence-electron chi connectivity index (χ2n) is 3.63.